The number of aliphatic hydroxyl groups excluding tert-OH is 1. The molecular weight excluding hydrogens is 283 g/mol. The molecule has 1 aromatic carbocycles. The number of rotatable bonds is 3. The number of aliphatic hydroxyl groups is 1. The van der Waals surface area contributed by atoms with Gasteiger partial charge in [0.15, 0.2) is 0 Å². The minimum absolute atomic E-state index is 0.478. The third-order valence-electron chi connectivity index (χ3n) is 3.37. The Hall–Kier alpha value is -1.03. The van der Waals surface area contributed by atoms with Gasteiger partial charge in [-0.15, -0.1) is 0 Å². The van der Waals surface area contributed by atoms with Crippen LogP contribution in [-0.2, 0) is 13.5 Å². The van der Waals surface area contributed by atoms with Crippen LogP contribution in [0.4, 0.5) is 0 Å². The van der Waals surface area contributed by atoms with Gasteiger partial charge in [-0.1, -0.05) is 23.2 Å². The Morgan fingerprint density at radius 2 is 2.00 bits per heavy atom. The molecule has 1 unspecified atom stereocenters. The van der Waals surface area contributed by atoms with Crippen LogP contribution in [0.15, 0.2) is 18.2 Å². The van der Waals surface area contributed by atoms with Crippen molar-refractivity contribution in [3.8, 4) is 0 Å². The molecule has 102 valence electrons. The highest BCUT2D eigenvalue weighted by atomic mass is 35.5. The average molecular weight is 299 g/mol. The molecule has 1 N–H and O–H groups in total. The van der Waals surface area contributed by atoms with E-state index in [9.17, 15) is 5.11 Å². The van der Waals surface area contributed by atoms with Gasteiger partial charge in [0.05, 0.1) is 11.8 Å². The van der Waals surface area contributed by atoms with Crippen molar-refractivity contribution in [1.82, 2.24) is 9.78 Å². The maximum atomic E-state index is 10.4. The van der Waals surface area contributed by atoms with Crippen LogP contribution in [0.3, 0.4) is 0 Å². The Kier molecular flexibility index (Phi) is 4.19. The molecular formula is C14H16Cl2N2O. The maximum Gasteiger partial charge on any atom is 0.0846 e. The smallest absolute Gasteiger partial charge is 0.0846 e. The Bertz CT molecular complexity index is 608. The molecule has 19 heavy (non-hydrogen) atoms. The quantitative estimate of drug-likeness (QED) is 0.940. The van der Waals surface area contributed by atoms with Gasteiger partial charge in [-0.2, -0.15) is 5.10 Å². The summed E-state index contributed by atoms with van der Waals surface area (Å²) in [7, 11) is 1.89. The van der Waals surface area contributed by atoms with E-state index in [0.29, 0.717) is 22.0 Å². The zero-order chi connectivity index (χ0) is 14.2. The van der Waals surface area contributed by atoms with Crippen molar-refractivity contribution in [2.24, 2.45) is 7.05 Å². The van der Waals surface area contributed by atoms with E-state index in [2.05, 4.69) is 5.10 Å². The Labute approximate surface area is 122 Å². The summed E-state index contributed by atoms with van der Waals surface area (Å²) in [6.45, 7) is 3.93. The van der Waals surface area contributed by atoms with Crippen molar-refractivity contribution in [3.05, 3.63) is 50.8 Å². The largest absolute Gasteiger partial charge is 0.388 e. The number of aromatic nitrogens is 2. The second kappa shape index (κ2) is 5.53. The summed E-state index contributed by atoms with van der Waals surface area (Å²) < 4.78 is 1.82. The maximum absolute atomic E-state index is 10.4. The van der Waals surface area contributed by atoms with E-state index in [4.69, 9.17) is 23.2 Å². The van der Waals surface area contributed by atoms with Crippen molar-refractivity contribution in [3.63, 3.8) is 0 Å². The van der Waals surface area contributed by atoms with Crippen molar-refractivity contribution in [2.75, 3.05) is 0 Å². The van der Waals surface area contributed by atoms with Crippen molar-refractivity contribution in [2.45, 2.75) is 26.4 Å². The van der Waals surface area contributed by atoms with Crippen LogP contribution in [0.2, 0.25) is 10.0 Å². The summed E-state index contributed by atoms with van der Waals surface area (Å²) in [6, 6.07) is 5.11. The summed E-state index contributed by atoms with van der Waals surface area (Å²) in [5.74, 6) is 0. The third-order valence-corrected chi connectivity index (χ3v) is 3.95. The van der Waals surface area contributed by atoms with Crippen LogP contribution in [0.1, 0.15) is 28.6 Å². The van der Waals surface area contributed by atoms with Gasteiger partial charge in [0.2, 0.25) is 0 Å². The number of hydrogen-bond donors (Lipinski definition) is 1. The Balaban J connectivity index is 2.30. The first-order chi connectivity index (χ1) is 8.90. The third kappa shape index (κ3) is 2.94. The number of aryl methyl sites for hydroxylation is 2. The van der Waals surface area contributed by atoms with E-state index < -0.39 is 6.10 Å². The van der Waals surface area contributed by atoms with E-state index >= 15 is 0 Å². The van der Waals surface area contributed by atoms with Gasteiger partial charge in [0.1, 0.15) is 0 Å². The highest BCUT2D eigenvalue weighted by molar-refractivity contribution is 6.33. The number of benzene rings is 1. The molecule has 0 aliphatic heterocycles. The molecule has 5 heteroatoms. The zero-order valence-electron chi connectivity index (χ0n) is 11.1. The molecule has 0 saturated heterocycles. The first-order valence-corrected chi connectivity index (χ1v) is 6.78. The van der Waals surface area contributed by atoms with Gasteiger partial charge in [-0.3, -0.25) is 4.68 Å². The minimum Gasteiger partial charge on any atom is -0.388 e. The lowest BCUT2D eigenvalue weighted by atomic mass is 10.00. The van der Waals surface area contributed by atoms with Gasteiger partial charge in [-0.25, -0.2) is 0 Å². The first-order valence-electron chi connectivity index (χ1n) is 6.02. The average Bonchev–Trinajstić information content (AvgIpc) is 2.59. The summed E-state index contributed by atoms with van der Waals surface area (Å²) >= 11 is 12.0. The summed E-state index contributed by atoms with van der Waals surface area (Å²) in [5.41, 5.74) is 3.68. The lowest BCUT2D eigenvalue weighted by Gasteiger charge is -2.13. The van der Waals surface area contributed by atoms with Gasteiger partial charge in [-0.05, 0) is 37.6 Å². The van der Waals surface area contributed by atoms with Crippen molar-refractivity contribution < 1.29 is 5.11 Å². The molecule has 0 amide bonds. The topological polar surface area (TPSA) is 38.0 Å². The molecule has 0 fully saturated rings. The summed E-state index contributed by atoms with van der Waals surface area (Å²) in [5, 5.41) is 15.8. The molecule has 1 heterocycles. The van der Waals surface area contributed by atoms with Crippen LogP contribution in [-0.4, -0.2) is 14.9 Å². The molecule has 0 aliphatic carbocycles. The SMILES string of the molecule is Cc1nn(C)c(C)c1CC(O)c1cc(Cl)ccc1Cl. The highest BCUT2D eigenvalue weighted by Gasteiger charge is 2.17. The lowest BCUT2D eigenvalue weighted by Crippen LogP contribution is -2.04. The molecule has 2 aromatic rings. The second-order valence-electron chi connectivity index (χ2n) is 4.66. The van der Waals surface area contributed by atoms with Crippen molar-refractivity contribution >= 4 is 23.2 Å². The van der Waals surface area contributed by atoms with Gasteiger partial charge < -0.3 is 5.11 Å². The number of halogens is 2. The Morgan fingerprint density at radius 1 is 1.32 bits per heavy atom. The van der Waals surface area contributed by atoms with Crippen molar-refractivity contribution in [1.29, 1.82) is 0 Å². The molecule has 0 saturated carbocycles. The van der Waals surface area contributed by atoms with Gasteiger partial charge >= 0.3 is 0 Å². The lowest BCUT2D eigenvalue weighted by molar-refractivity contribution is 0.178. The van der Waals surface area contributed by atoms with Crippen LogP contribution in [0.5, 0.6) is 0 Å². The number of hydrogen-bond acceptors (Lipinski definition) is 2. The predicted octanol–water partition coefficient (Wildman–Crippen LogP) is 3.62. The molecule has 1 aromatic heterocycles. The molecule has 0 bridgehead atoms. The Morgan fingerprint density at radius 3 is 2.58 bits per heavy atom. The van der Waals surface area contributed by atoms with E-state index in [0.717, 1.165) is 17.0 Å². The van der Waals surface area contributed by atoms with Gasteiger partial charge in [0, 0.05) is 34.8 Å². The second-order valence-corrected chi connectivity index (χ2v) is 5.50. The summed E-state index contributed by atoms with van der Waals surface area (Å²) in [4.78, 5) is 0. The molecule has 0 aliphatic rings. The minimum atomic E-state index is -0.687. The fourth-order valence-electron chi connectivity index (χ4n) is 2.19. The monoisotopic (exact) mass is 298 g/mol. The first kappa shape index (κ1) is 14.4. The summed E-state index contributed by atoms with van der Waals surface area (Å²) in [6.07, 6.45) is -0.209. The number of nitrogens with zero attached hydrogens (tertiary/aromatic N) is 2. The highest BCUT2D eigenvalue weighted by Crippen LogP contribution is 2.29. The van der Waals surface area contributed by atoms with Crippen LogP contribution in [0.25, 0.3) is 0 Å². The standard InChI is InChI=1S/C14H16Cl2N2O/c1-8-11(9(2)18(3)17-8)7-14(19)12-6-10(15)4-5-13(12)16/h4-6,14,19H,7H2,1-3H3. The fraction of sp³-hybridized carbons (Fsp3) is 0.357. The zero-order valence-corrected chi connectivity index (χ0v) is 12.6. The van der Waals surface area contributed by atoms with Crippen LogP contribution < -0.4 is 0 Å². The molecule has 3 nitrogen and oxygen atoms in total. The fourth-order valence-corrected chi connectivity index (χ4v) is 2.61. The molecule has 0 radical (unpaired) electrons. The predicted molar refractivity (Wildman–Crippen MR) is 77.8 cm³/mol. The van der Waals surface area contributed by atoms with E-state index in [1.165, 1.54) is 0 Å². The molecule has 2 rings (SSSR count). The van der Waals surface area contributed by atoms with Crippen LogP contribution in [0, 0.1) is 13.8 Å². The van der Waals surface area contributed by atoms with E-state index in [1.807, 2.05) is 25.6 Å². The molecule has 0 spiro atoms. The normalized spacial score (nSPS) is 12.7. The van der Waals surface area contributed by atoms with Gasteiger partial charge in [0.25, 0.3) is 0 Å². The van der Waals surface area contributed by atoms with E-state index in [-0.39, 0.29) is 0 Å². The molecule has 1 atom stereocenters. The van der Waals surface area contributed by atoms with Crippen LogP contribution >= 0.6 is 23.2 Å². The van der Waals surface area contributed by atoms with E-state index in [1.54, 1.807) is 18.2 Å².